The van der Waals surface area contributed by atoms with E-state index in [4.69, 9.17) is 0 Å². The van der Waals surface area contributed by atoms with Crippen molar-refractivity contribution in [2.75, 3.05) is 0 Å². The van der Waals surface area contributed by atoms with Crippen LogP contribution in [0.3, 0.4) is 0 Å². The van der Waals surface area contributed by atoms with Crippen LogP contribution in [-0.2, 0) is 6.54 Å². The lowest BCUT2D eigenvalue weighted by Gasteiger charge is -2.17. The first-order valence-electron chi connectivity index (χ1n) is 6.39. The monoisotopic (exact) mass is 340 g/mol. The van der Waals surface area contributed by atoms with E-state index in [2.05, 4.69) is 26.2 Å². The molecule has 0 fully saturated rings. The maximum Gasteiger partial charge on any atom is 0.141 e. The average molecular weight is 341 g/mol. The van der Waals surface area contributed by atoms with Crippen molar-refractivity contribution in [3.8, 4) is 0 Å². The summed E-state index contributed by atoms with van der Waals surface area (Å²) in [6.45, 7) is 2.39. The Labute approximate surface area is 125 Å². The highest BCUT2D eigenvalue weighted by atomic mass is 79.9. The first-order valence-corrected chi connectivity index (χ1v) is 7.18. The van der Waals surface area contributed by atoms with Crippen LogP contribution in [0.2, 0.25) is 0 Å². The van der Waals surface area contributed by atoms with Crippen molar-refractivity contribution in [2.24, 2.45) is 0 Å². The van der Waals surface area contributed by atoms with E-state index < -0.39 is 0 Å². The smallest absolute Gasteiger partial charge is 0.141 e. The van der Waals surface area contributed by atoms with Crippen molar-refractivity contribution in [2.45, 2.75) is 25.9 Å². The number of hydrogen-bond acceptors (Lipinski definition) is 2. The highest BCUT2D eigenvalue weighted by molar-refractivity contribution is 9.10. The van der Waals surface area contributed by atoms with E-state index in [-0.39, 0.29) is 17.7 Å². The van der Waals surface area contributed by atoms with Gasteiger partial charge in [-0.05, 0) is 36.8 Å². The molecule has 2 aromatic rings. The molecular formula is C15H15BrF2N2. The molecule has 1 unspecified atom stereocenters. The highest BCUT2D eigenvalue weighted by Gasteiger charge is 2.11. The van der Waals surface area contributed by atoms with Gasteiger partial charge in [-0.3, -0.25) is 4.98 Å². The predicted octanol–water partition coefficient (Wildman–Crippen LogP) is 4.36. The Morgan fingerprint density at radius 2 is 2.05 bits per heavy atom. The van der Waals surface area contributed by atoms with Crippen LogP contribution < -0.4 is 5.32 Å². The highest BCUT2D eigenvalue weighted by Crippen LogP contribution is 2.18. The van der Waals surface area contributed by atoms with Crippen LogP contribution in [0.4, 0.5) is 8.78 Å². The van der Waals surface area contributed by atoms with E-state index in [1.807, 2.05) is 6.92 Å². The molecule has 5 heteroatoms. The van der Waals surface area contributed by atoms with E-state index in [0.29, 0.717) is 12.1 Å². The van der Waals surface area contributed by atoms with Gasteiger partial charge in [-0.2, -0.15) is 0 Å². The quantitative estimate of drug-likeness (QED) is 0.874. The average Bonchev–Trinajstić information content (AvgIpc) is 2.45. The van der Waals surface area contributed by atoms with Gasteiger partial charge in [-0.15, -0.1) is 0 Å². The Bertz CT molecular complexity index is 573. The third-order valence-corrected chi connectivity index (χ3v) is 3.56. The Morgan fingerprint density at radius 1 is 1.25 bits per heavy atom. The fourth-order valence-electron chi connectivity index (χ4n) is 1.96. The van der Waals surface area contributed by atoms with Crippen LogP contribution in [0.15, 0.2) is 41.0 Å². The zero-order chi connectivity index (χ0) is 14.5. The fourth-order valence-corrected chi connectivity index (χ4v) is 2.37. The van der Waals surface area contributed by atoms with Crippen LogP contribution >= 0.6 is 15.9 Å². The minimum absolute atomic E-state index is 0.0334. The Kier molecular flexibility index (Phi) is 5.20. The number of halogens is 3. The molecule has 1 atom stereocenters. The van der Waals surface area contributed by atoms with E-state index >= 15 is 0 Å². The SMILES string of the molecule is CCC(NCc1cc(Br)ccc1F)c1ccc(F)cn1. The first kappa shape index (κ1) is 15.1. The minimum atomic E-state index is -0.360. The summed E-state index contributed by atoms with van der Waals surface area (Å²) >= 11 is 3.32. The van der Waals surface area contributed by atoms with Gasteiger partial charge in [0.15, 0.2) is 0 Å². The number of aromatic nitrogens is 1. The normalized spacial score (nSPS) is 12.4. The van der Waals surface area contributed by atoms with Crippen molar-refractivity contribution in [3.05, 3.63) is 63.9 Å². The molecule has 0 radical (unpaired) electrons. The first-order chi connectivity index (χ1) is 9.60. The summed E-state index contributed by atoms with van der Waals surface area (Å²) in [6.07, 6.45) is 1.98. The molecule has 0 spiro atoms. The molecule has 0 saturated carbocycles. The van der Waals surface area contributed by atoms with Crippen LogP contribution in [0, 0.1) is 11.6 Å². The summed E-state index contributed by atoms with van der Waals surface area (Å²) in [6, 6.07) is 7.83. The lowest BCUT2D eigenvalue weighted by molar-refractivity contribution is 0.492. The molecule has 2 nitrogen and oxygen atoms in total. The molecule has 0 saturated heterocycles. The maximum atomic E-state index is 13.7. The topological polar surface area (TPSA) is 24.9 Å². The van der Waals surface area contributed by atoms with Crippen LogP contribution in [-0.4, -0.2) is 4.98 Å². The molecule has 1 heterocycles. The second-order valence-electron chi connectivity index (χ2n) is 4.48. The van der Waals surface area contributed by atoms with Crippen molar-refractivity contribution < 1.29 is 8.78 Å². The van der Waals surface area contributed by atoms with E-state index in [9.17, 15) is 8.78 Å². The Morgan fingerprint density at radius 3 is 2.70 bits per heavy atom. The Hall–Kier alpha value is -1.33. The fraction of sp³-hybridized carbons (Fsp3) is 0.267. The molecule has 106 valence electrons. The maximum absolute atomic E-state index is 13.7. The van der Waals surface area contributed by atoms with Crippen molar-refractivity contribution >= 4 is 15.9 Å². The third-order valence-electron chi connectivity index (χ3n) is 3.06. The van der Waals surface area contributed by atoms with Crippen LogP contribution in [0.5, 0.6) is 0 Å². The summed E-state index contributed by atoms with van der Waals surface area (Å²) in [7, 11) is 0. The zero-order valence-electron chi connectivity index (χ0n) is 11.0. The Balaban J connectivity index is 2.07. The number of nitrogens with one attached hydrogen (secondary N) is 1. The van der Waals surface area contributed by atoms with Crippen molar-refractivity contribution in [1.82, 2.24) is 10.3 Å². The predicted molar refractivity (Wildman–Crippen MR) is 78.2 cm³/mol. The number of pyridine rings is 1. The number of rotatable bonds is 5. The molecular weight excluding hydrogens is 326 g/mol. The molecule has 2 rings (SSSR count). The third kappa shape index (κ3) is 3.84. The summed E-state index contributed by atoms with van der Waals surface area (Å²) in [5, 5.41) is 3.24. The molecule has 0 aliphatic heterocycles. The number of hydrogen-bond donors (Lipinski definition) is 1. The van der Waals surface area contributed by atoms with Gasteiger partial charge in [-0.1, -0.05) is 22.9 Å². The van der Waals surface area contributed by atoms with Gasteiger partial charge in [0.2, 0.25) is 0 Å². The van der Waals surface area contributed by atoms with Gasteiger partial charge in [0, 0.05) is 22.6 Å². The molecule has 0 amide bonds. The van der Waals surface area contributed by atoms with Gasteiger partial charge in [0.25, 0.3) is 0 Å². The molecule has 1 N–H and O–H groups in total. The molecule has 1 aromatic heterocycles. The number of nitrogens with zero attached hydrogens (tertiary/aromatic N) is 1. The summed E-state index contributed by atoms with van der Waals surface area (Å²) < 4.78 is 27.4. The van der Waals surface area contributed by atoms with Gasteiger partial charge in [0.1, 0.15) is 11.6 Å². The van der Waals surface area contributed by atoms with Crippen LogP contribution in [0.1, 0.15) is 30.6 Å². The standard InChI is InChI=1S/C15H15BrF2N2/c1-2-14(15-6-4-12(17)9-20-15)19-8-10-7-11(16)3-5-13(10)18/h3-7,9,14,19H,2,8H2,1H3. The molecule has 0 bridgehead atoms. The summed E-state index contributed by atoms with van der Waals surface area (Å²) in [5.74, 6) is -0.607. The molecule has 0 aliphatic rings. The molecule has 1 aromatic carbocycles. The minimum Gasteiger partial charge on any atom is -0.304 e. The zero-order valence-corrected chi connectivity index (χ0v) is 12.6. The van der Waals surface area contributed by atoms with Crippen molar-refractivity contribution in [3.63, 3.8) is 0 Å². The summed E-state index contributed by atoms with van der Waals surface area (Å²) in [5.41, 5.74) is 1.34. The van der Waals surface area contributed by atoms with Crippen LogP contribution in [0.25, 0.3) is 0 Å². The van der Waals surface area contributed by atoms with Gasteiger partial charge in [0.05, 0.1) is 11.9 Å². The van der Waals surface area contributed by atoms with Gasteiger partial charge < -0.3 is 5.32 Å². The molecule has 20 heavy (non-hydrogen) atoms. The largest absolute Gasteiger partial charge is 0.304 e. The lowest BCUT2D eigenvalue weighted by atomic mass is 10.1. The lowest BCUT2D eigenvalue weighted by Crippen LogP contribution is -2.21. The van der Waals surface area contributed by atoms with E-state index in [0.717, 1.165) is 16.6 Å². The second-order valence-corrected chi connectivity index (χ2v) is 5.39. The van der Waals surface area contributed by atoms with E-state index in [1.54, 1.807) is 18.2 Å². The second kappa shape index (κ2) is 6.90. The van der Waals surface area contributed by atoms with Crippen molar-refractivity contribution in [1.29, 1.82) is 0 Å². The van der Waals surface area contributed by atoms with Gasteiger partial charge in [-0.25, -0.2) is 8.78 Å². The van der Waals surface area contributed by atoms with Gasteiger partial charge >= 0.3 is 0 Å². The molecule has 0 aliphatic carbocycles. The summed E-state index contributed by atoms with van der Waals surface area (Å²) in [4.78, 5) is 4.06. The van der Waals surface area contributed by atoms with E-state index in [1.165, 1.54) is 18.3 Å². The number of benzene rings is 1.